The fraction of sp³-hybridized carbons (Fsp3) is 0.136. The summed E-state index contributed by atoms with van der Waals surface area (Å²) in [6.45, 7) is 3.73. The lowest BCUT2D eigenvalue weighted by molar-refractivity contribution is -0.122. The van der Waals surface area contributed by atoms with Crippen molar-refractivity contribution in [2.24, 2.45) is 0 Å². The van der Waals surface area contributed by atoms with E-state index in [4.69, 9.17) is 21.1 Å². The van der Waals surface area contributed by atoms with Gasteiger partial charge in [0.1, 0.15) is 5.57 Å². The Morgan fingerprint density at radius 3 is 2.50 bits per heavy atom. The maximum Gasteiger partial charge on any atom is 0.335 e. The molecule has 0 atom stereocenters. The number of rotatable bonds is 6. The number of methoxy groups -OCH3 is 2. The van der Waals surface area contributed by atoms with E-state index < -0.39 is 17.8 Å². The highest BCUT2D eigenvalue weighted by Gasteiger charge is 2.37. The number of benzene rings is 2. The van der Waals surface area contributed by atoms with Gasteiger partial charge in [-0.25, -0.2) is 9.69 Å². The van der Waals surface area contributed by atoms with Crippen molar-refractivity contribution in [2.45, 2.75) is 6.42 Å². The number of hydrogen-bond acceptors (Lipinski definition) is 5. The Kier molecular flexibility index (Phi) is 6.23. The largest absolute Gasteiger partial charge is 0.493 e. The van der Waals surface area contributed by atoms with Crippen LogP contribution in [0.15, 0.2) is 54.6 Å². The number of barbiturate groups is 1. The molecule has 0 aromatic heterocycles. The van der Waals surface area contributed by atoms with Gasteiger partial charge in [0.2, 0.25) is 0 Å². The first kappa shape index (κ1) is 21.1. The number of urea groups is 1. The second kappa shape index (κ2) is 8.84. The van der Waals surface area contributed by atoms with E-state index in [0.717, 1.165) is 10.5 Å². The van der Waals surface area contributed by atoms with Crippen molar-refractivity contribution < 1.29 is 23.9 Å². The third kappa shape index (κ3) is 3.92. The Morgan fingerprint density at radius 1 is 1.13 bits per heavy atom. The first-order valence-corrected chi connectivity index (χ1v) is 9.30. The van der Waals surface area contributed by atoms with Crippen LogP contribution in [0.5, 0.6) is 11.5 Å². The average molecular weight is 427 g/mol. The summed E-state index contributed by atoms with van der Waals surface area (Å²) in [6, 6.07) is 8.90. The number of para-hydroxylation sites is 1. The molecule has 154 valence electrons. The van der Waals surface area contributed by atoms with Crippen LogP contribution in [-0.2, 0) is 16.0 Å². The summed E-state index contributed by atoms with van der Waals surface area (Å²) in [5.74, 6) is -0.608. The molecule has 0 spiro atoms. The Morgan fingerprint density at radius 2 is 1.87 bits per heavy atom. The van der Waals surface area contributed by atoms with Gasteiger partial charge in [-0.3, -0.25) is 14.9 Å². The zero-order chi connectivity index (χ0) is 21.8. The van der Waals surface area contributed by atoms with E-state index in [1.165, 1.54) is 26.4 Å². The van der Waals surface area contributed by atoms with E-state index in [0.29, 0.717) is 23.5 Å². The van der Waals surface area contributed by atoms with Crippen molar-refractivity contribution in [1.82, 2.24) is 5.32 Å². The molecule has 7 nitrogen and oxygen atoms in total. The number of hydrogen-bond donors (Lipinski definition) is 1. The monoisotopic (exact) mass is 426 g/mol. The quantitative estimate of drug-likeness (QED) is 0.432. The SMILES string of the molecule is C=CCc1cc(/C=C2\C(=O)NC(=O)N(c3ccccc3Cl)C2=O)cc(OC)c1OC. The van der Waals surface area contributed by atoms with Crippen molar-refractivity contribution in [3.05, 3.63) is 70.8 Å². The van der Waals surface area contributed by atoms with Gasteiger partial charge in [-0.1, -0.05) is 29.8 Å². The fourth-order valence-electron chi connectivity index (χ4n) is 3.13. The topological polar surface area (TPSA) is 84.9 Å². The number of carbonyl (C=O) groups is 3. The van der Waals surface area contributed by atoms with Gasteiger partial charge in [0, 0.05) is 5.56 Å². The van der Waals surface area contributed by atoms with Crippen molar-refractivity contribution >= 4 is 41.2 Å². The van der Waals surface area contributed by atoms with E-state index in [-0.39, 0.29) is 16.3 Å². The van der Waals surface area contributed by atoms with Crippen LogP contribution >= 0.6 is 11.6 Å². The summed E-state index contributed by atoms with van der Waals surface area (Å²) >= 11 is 6.14. The number of nitrogens with zero attached hydrogens (tertiary/aromatic N) is 1. The molecule has 1 aliphatic heterocycles. The smallest absolute Gasteiger partial charge is 0.335 e. The van der Waals surface area contributed by atoms with Gasteiger partial charge < -0.3 is 9.47 Å². The number of nitrogens with one attached hydrogen (secondary N) is 1. The van der Waals surface area contributed by atoms with Crippen LogP contribution in [0, 0.1) is 0 Å². The summed E-state index contributed by atoms with van der Waals surface area (Å²) in [5, 5.41) is 2.38. The minimum atomic E-state index is -0.866. The van der Waals surface area contributed by atoms with Crippen LogP contribution in [-0.4, -0.2) is 32.1 Å². The third-order valence-electron chi connectivity index (χ3n) is 4.45. The molecule has 1 N–H and O–H groups in total. The number of amides is 4. The van der Waals surface area contributed by atoms with E-state index in [1.54, 1.807) is 36.4 Å². The van der Waals surface area contributed by atoms with E-state index in [9.17, 15) is 14.4 Å². The van der Waals surface area contributed by atoms with E-state index in [2.05, 4.69) is 11.9 Å². The maximum atomic E-state index is 13.0. The normalized spacial score (nSPS) is 15.2. The lowest BCUT2D eigenvalue weighted by Gasteiger charge is -2.27. The maximum absolute atomic E-state index is 13.0. The molecule has 0 bridgehead atoms. The fourth-order valence-corrected chi connectivity index (χ4v) is 3.35. The van der Waals surface area contributed by atoms with Crippen LogP contribution in [0.2, 0.25) is 5.02 Å². The molecule has 1 saturated heterocycles. The highest BCUT2D eigenvalue weighted by atomic mass is 35.5. The third-order valence-corrected chi connectivity index (χ3v) is 4.77. The molecule has 30 heavy (non-hydrogen) atoms. The van der Waals surface area contributed by atoms with Crippen LogP contribution in [0.4, 0.5) is 10.5 Å². The van der Waals surface area contributed by atoms with Gasteiger partial charge >= 0.3 is 6.03 Å². The van der Waals surface area contributed by atoms with Crippen molar-refractivity contribution in [3.63, 3.8) is 0 Å². The predicted molar refractivity (Wildman–Crippen MR) is 114 cm³/mol. The molecule has 0 aliphatic carbocycles. The molecule has 0 unspecified atom stereocenters. The van der Waals surface area contributed by atoms with Gasteiger partial charge in [0.15, 0.2) is 11.5 Å². The molecular formula is C22H19ClN2O5. The first-order chi connectivity index (χ1) is 14.4. The summed E-state index contributed by atoms with van der Waals surface area (Å²) in [5.41, 5.74) is 1.25. The molecule has 1 aliphatic rings. The Labute approximate surface area is 178 Å². The molecule has 0 radical (unpaired) electrons. The molecule has 0 saturated carbocycles. The minimum Gasteiger partial charge on any atom is -0.493 e. The summed E-state index contributed by atoms with van der Waals surface area (Å²) in [6.07, 6.45) is 3.58. The van der Waals surface area contributed by atoms with E-state index >= 15 is 0 Å². The lowest BCUT2D eigenvalue weighted by Crippen LogP contribution is -2.54. The van der Waals surface area contributed by atoms with Gasteiger partial charge in [-0.05, 0) is 42.3 Å². The number of anilines is 1. The van der Waals surface area contributed by atoms with Gasteiger partial charge in [-0.15, -0.1) is 6.58 Å². The second-order valence-electron chi connectivity index (χ2n) is 6.32. The lowest BCUT2D eigenvalue weighted by atomic mass is 10.0. The number of carbonyl (C=O) groups excluding carboxylic acids is 3. The predicted octanol–water partition coefficient (Wildman–Crippen LogP) is 3.75. The van der Waals surface area contributed by atoms with Crippen LogP contribution in [0.1, 0.15) is 11.1 Å². The van der Waals surface area contributed by atoms with Crippen LogP contribution in [0.25, 0.3) is 6.08 Å². The summed E-state index contributed by atoms with van der Waals surface area (Å²) < 4.78 is 10.8. The number of halogens is 1. The van der Waals surface area contributed by atoms with Crippen LogP contribution < -0.4 is 19.7 Å². The second-order valence-corrected chi connectivity index (χ2v) is 6.72. The molecule has 8 heteroatoms. The molecule has 2 aromatic carbocycles. The van der Waals surface area contributed by atoms with Gasteiger partial charge in [-0.2, -0.15) is 0 Å². The van der Waals surface area contributed by atoms with Crippen molar-refractivity contribution in [1.29, 1.82) is 0 Å². The average Bonchev–Trinajstić information content (AvgIpc) is 2.72. The Bertz CT molecular complexity index is 1080. The molecular weight excluding hydrogens is 408 g/mol. The standard InChI is InChI=1S/C22H19ClN2O5/c1-4-7-14-10-13(12-18(29-2)19(14)30-3)11-15-20(26)24-22(28)25(21(15)27)17-9-6-5-8-16(17)23/h4-6,8-12H,1,7H2,2-3H3,(H,24,26,28)/b15-11+. The molecule has 1 heterocycles. The van der Waals surface area contributed by atoms with Gasteiger partial charge in [0.05, 0.1) is 24.9 Å². The highest BCUT2D eigenvalue weighted by Crippen LogP contribution is 2.34. The van der Waals surface area contributed by atoms with Gasteiger partial charge in [0.25, 0.3) is 11.8 Å². The van der Waals surface area contributed by atoms with Crippen molar-refractivity contribution in [3.8, 4) is 11.5 Å². The van der Waals surface area contributed by atoms with Crippen molar-refractivity contribution in [2.75, 3.05) is 19.1 Å². The number of allylic oxidation sites excluding steroid dienone is 1. The van der Waals surface area contributed by atoms with Crippen LogP contribution in [0.3, 0.4) is 0 Å². The summed E-state index contributed by atoms with van der Waals surface area (Å²) in [7, 11) is 3.01. The zero-order valence-corrected chi connectivity index (χ0v) is 17.2. The number of ether oxygens (including phenoxy) is 2. The first-order valence-electron chi connectivity index (χ1n) is 8.93. The molecule has 2 aromatic rings. The van der Waals surface area contributed by atoms with E-state index in [1.807, 2.05) is 0 Å². The minimum absolute atomic E-state index is 0.180. The number of imide groups is 2. The highest BCUT2D eigenvalue weighted by molar-refractivity contribution is 6.42. The summed E-state index contributed by atoms with van der Waals surface area (Å²) in [4.78, 5) is 38.6. The zero-order valence-electron chi connectivity index (χ0n) is 16.4. The molecule has 3 rings (SSSR count). The Balaban J connectivity index is 2.10. The Hall–Kier alpha value is -3.58. The molecule has 4 amide bonds. The molecule has 1 fully saturated rings.